The summed E-state index contributed by atoms with van der Waals surface area (Å²) in [4.78, 5) is 16.3. The summed E-state index contributed by atoms with van der Waals surface area (Å²) in [6, 6.07) is 3.62. The van der Waals surface area contributed by atoms with Gasteiger partial charge < -0.3 is 5.11 Å². The highest BCUT2D eigenvalue weighted by atomic mass is 79.9. The van der Waals surface area contributed by atoms with E-state index in [9.17, 15) is 4.79 Å². The van der Waals surface area contributed by atoms with Crippen LogP contribution < -0.4 is 4.90 Å². The number of aromatic nitrogens is 1. The Morgan fingerprint density at radius 3 is 2.71 bits per heavy atom. The average Bonchev–Trinajstić information content (AvgIpc) is 2.92. The average molecular weight is 257 g/mol. The Labute approximate surface area is 89.7 Å². The summed E-state index contributed by atoms with van der Waals surface area (Å²) in [7, 11) is 0. The molecule has 14 heavy (non-hydrogen) atoms. The van der Waals surface area contributed by atoms with Crippen molar-refractivity contribution in [2.45, 2.75) is 18.9 Å². The number of rotatable bonds is 2. The van der Waals surface area contributed by atoms with E-state index in [1.807, 2.05) is 0 Å². The van der Waals surface area contributed by atoms with Crippen molar-refractivity contribution in [3.8, 4) is 0 Å². The van der Waals surface area contributed by atoms with Gasteiger partial charge in [-0.2, -0.15) is 0 Å². The summed E-state index contributed by atoms with van der Waals surface area (Å²) in [6.45, 7) is 0. The van der Waals surface area contributed by atoms with Crippen LogP contribution >= 0.6 is 15.9 Å². The Morgan fingerprint density at radius 1 is 1.57 bits per heavy atom. The molecule has 1 saturated carbocycles. The van der Waals surface area contributed by atoms with E-state index in [0.29, 0.717) is 5.82 Å². The molecule has 2 rings (SSSR count). The maximum Gasteiger partial charge on any atom is 0.413 e. The number of anilines is 1. The third-order valence-electron chi connectivity index (χ3n) is 2.08. The Bertz CT molecular complexity index is 348. The first-order valence-corrected chi connectivity index (χ1v) is 5.11. The van der Waals surface area contributed by atoms with E-state index in [0.717, 1.165) is 17.3 Å². The second-order valence-corrected chi connectivity index (χ2v) is 4.13. The first-order valence-electron chi connectivity index (χ1n) is 4.32. The highest BCUT2D eigenvalue weighted by Gasteiger charge is 2.34. The summed E-state index contributed by atoms with van der Waals surface area (Å²) in [5, 5.41) is 8.98. The van der Waals surface area contributed by atoms with Crippen LogP contribution in [0.3, 0.4) is 0 Å². The monoisotopic (exact) mass is 256 g/mol. The van der Waals surface area contributed by atoms with E-state index in [2.05, 4.69) is 20.9 Å². The fourth-order valence-electron chi connectivity index (χ4n) is 1.28. The van der Waals surface area contributed by atoms with Gasteiger partial charge in [-0.05, 0) is 40.9 Å². The fraction of sp³-hybridized carbons (Fsp3) is 0.333. The van der Waals surface area contributed by atoms with Crippen LogP contribution in [0.1, 0.15) is 12.8 Å². The van der Waals surface area contributed by atoms with Crippen molar-refractivity contribution in [2.75, 3.05) is 4.90 Å². The molecular formula is C9H9BrN2O2. The lowest BCUT2D eigenvalue weighted by molar-refractivity contribution is 0.201. The minimum atomic E-state index is -0.928. The van der Waals surface area contributed by atoms with Crippen LogP contribution in [0, 0.1) is 0 Å². The molecule has 1 N–H and O–H groups in total. The van der Waals surface area contributed by atoms with Crippen molar-refractivity contribution in [1.82, 2.24) is 4.98 Å². The lowest BCUT2D eigenvalue weighted by atomic mass is 10.4. The van der Waals surface area contributed by atoms with Crippen molar-refractivity contribution in [1.29, 1.82) is 0 Å². The molecule has 74 valence electrons. The van der Waals surface area contributed by atoms with Gasteiger partial charge in [0.2, 0.25) is 0 Å². The molecule has 1 heterocycles. The second kappa shape index (κ2) is 3.57. The molecule has 0 aromatic carbocycles. The molecule has 0 aliphatic heterocycles. The summed E-state index contributed by atoms with van der Waals surface area (Å²) in [5.41, 5.74) is 0. The Morgan fingerprint density at radius 2 is 2.29 bits per heavy atom. The van der Waals surface area contributed by atoms with Crippen molar-refractivity contribution in [2.24, 2.45) is 0 Å². The van der Waals surface area contributed by atoms with Gasteiger partial charge >= 0.3 is 6.09 Å². The number of amides is 1. The third-order valence-corrected chi connectivity index (χ3v) is 2.55. The van der Waals surface area contributed by atoms with Crippen molar-refractivity contribution in [3.05, 3.63) is 22.8 Å². The predicted molar refractivity (Wildman–Crippen MR) is 55.5 cm³/mol. The zero-order chi connectivity index (χ0) is 10.1. The standard InChI is InChI=1S/C9H9BrN2O2/c10-6-1-4-8(11-5-6)12(9(13)14)7-2-3-7/h1,4-5,7H,2-3H2,(H,13,14). The molecule has 0 saturated heterocycles. The van der Waals surface area contributed by atoms with Gasteiger partial charge in [-0.15, -0.1) is 0 Å². The number of hydrogen-bond acceptors (Lipinski definition) is 2. The van der Waals surface area contributed by atoms with Crippen LogP contribution in [-0.4, -0.2) is 22.2 Å². The van der Waals surface area contributed by atoms with Gasteiger partial charge in [0, 0.05) is 16.7 Å². The normalized spacial score (nSPS) is 15.2. The molecule has 0 radical (unpaired) electrons. The van der Waals surface area contributed by atoms with Crippen LogP contribution in [0.25, 0.3) is 0 Å². The Hall–Kier alpha value is -1.10. The molecule has 0 bridgehead atoms. The molecule has 0 unspecified atom stereocenters. The third kappa shape index (κ3) is 1.87. The van der Waals surface area contributed by atoms with Crippen LogP contribution in [0.15, 0.2) is 22.8 Å². The Balaban J connectivity index is 2.26. The SMILES string of the molecule is O=C(O)N(c1ccc(Br)cn1)C1CC1. The van der Waals surface area contributed by atoms with Gasteiger partial charge in [-0.1, -0.05) is 0 Å². The molecule has 0 spiro atoms. The van der Waals surface area contributed by atoms with Crippen molar-refractivity contribution >= 4 is 27.8 Å². The zero-order valence-corrected chi connectivity index (χ0v) is 8.94. The van der Waals surface area contributed by atoms with E-state index in [1.165, 1.54) is 4.90 Å². The maximum absolute atomic E-state index is 10.9. The van der Waals surface area contributed by atoms with Gasteiger partial charge in [-0.3, -0.25) is 4.90 Å². The minimum absolute atomic E-state index is 0.126. The van der Waals surface area contributed by atoms with Crippen LogP contribution in [-0.2, 0) is 0 Å². The number of pyridine rings is 1. The number of carboxylic acid groups (broad SMARTS) is 1. The van der Waals surface area contributed by atoms with Crippen molar-refractivity contribution < 1.29 is 9.90 Å². The predicted octanol–water partition coefficient (Wildman–Crippen LogP) is 2.49. The summed E-state index contributed by atoms with van der Waals surface area (Å²) in [5.74, 6) is 0.503. The van der Waals surface area contributed by atoms with Gasteiger partial charge in [0.1, 0.15) is 5.82 Å². The highest BCUT2D eigenvalue weighted by Crippen LogP contribution is 2.30. The summed E-state index contributed by atoms with van der Waals surface area (Å²) in [6.07, 6.45) is 2.55. The van der Waals surface area contributed by atoms with Gasteiger partial charge in [0.05, 0.1) is 0 Å². The van der Waals surface area contributed by atoms with Gasteiger partial charge in [-0.25, -0.2) is 9.78 Å². The lowest BCUT2D eigenvalue weighted by Crippen LogP contribution is -2.32. The molecule has 1 aliphatic rings. The maximum atomic E-state index is 10.9. The summed E-state index contributed by atoms with van der Waals surface area (Å²) < 4.78 is 0.849. The smallest absolute Gasteiger partial charge is 0.413 e. The van der Waals surface area contributed by atoms with Crippen LogP contribution in [0.5, 0.6) is 0 Å². The topological polar surface area (TPSA) is 53.4 Å². The van der Waals surface area contributed by atoms with E-state index in [1.54, 1.807) is 18.3 Å². The molecule has 5 heteroatoms. The van der Waals surface area contributed by atoms with E-state index >= 15 is 0 Å². The van der Waals surface area contributed by atoms with Gasteiger partial charge in [0.15, 0.2) is 0 Å². The first-order chi connectivity index (χ1) is 6.68. The summed E-state index contributed by atoms with van der Waals surface area (Å²) >= 11 is 3.26. The second-order valence-electron chi connectivity index (χ2n) is 3.22. The molecule has 4 nitrogen and oxygen atoms in total. The lowest BCUT2D eigenvalue weighted by Gasteiger charge is -2.16. The molecule has 1 fully saturated rings. The molecule has 1 amide bonds. The van der Waals surface area contributed by atoms with Crippen molar-refractivity contribution in [3.63, 3.8) is 0 Å². The zero-order valence-electron chi connectivity index (χ0n) is 7.35. The number of carbonyl (C=O) groups is 1. The number of halogens is 1. The minimum Gasteiger partial charge on any atom is -0.465 e. The van der Waals surface area contributed by atoms with E-state index in [4.69, 9.17) is 5.11 Å². The fourth-order valence-corrected chi connectivity index (χ4v) is 1.52. The van der Waals surface area contributed by atoms with Crippen LogP contribution in [0.2, 0.25) is 0 Å². The highest BCUT2D eigenvalue weighted by molar-refractivity contribution is 9.10. The van der Waals surface area contributed by atoms with E-state index < -0.39 is 6.09 Å². The Kier molecular flexibility index (Phi) is 2.41. The molecule has 0 atom stereocenters. The van der Waals surface area contributed by atoms with E-state index in [-0.39, 0.29) is 6.04 Å². The largest absolute Gasteiger partial charge is 0.465 e. The first kappa shape index (κ1) is 9.45. The molecular weight excluding hydrogens is 248 g/mol. The molecule has 1 aromatic heterocycles. The molecule has 1 aromatic rings. The molecule has 1 aliphatic carbocycles. The number of hydrogen-bond donors (Lipinski definition) is 1. The van der Waals surface area contributed by atoms with Crippen LogP contribution in [0.4, 0.5) is 10.6 Å². The quantitative estimate of drug-likeness (QED) is 0.885. The number of nitrogens with zero attached hydrogens (tertiary/aromatic N) is 2. The van der Waals surface area contributed by atoms with Gasteiger partial charge in [0.25, 0.3) is 0 Å².